The third-order valence-electron chi connectivity index (χ3n) is 0.816. The average molecular weight is 196 g/mol. The van der Waals surface area contributed by atoms with Gasteiger partial charge in [0.15, 0.2) is 5.78 Å². The average Bonchev–Trinajstić information content (AvgIpc) is 1.84. The highest BCUT2D eigenvalue weighted by Crippen LogP contribution is 2.35. The van der Waals surface area contributed by atoms with Gasteiger partial charge in [-0.3, -0.25) is 4.79 Å². The highest BCUT2D eigenvalue weighted by atomic mass is 31.2. The lowest BCUT2D eigenvalue weighted by atomic mass is 10.2. The van der Waals surface area contributed by atoms with E-state index in [1.807, 2.05) is 0 Å². The van der Waals surface area contributed by atoms with Crippen LogP contribution in [0.5, 0.6) is 0 Å². The van der Waals surface area contributed by atoms with Gasteiger partial charge in [-0.25, -0.2) is 9.45 Å². The van der Waals surface area contributed by atoms with Crippen LogP contribution in [-0.2, 0) is 18.9 Å². The molecule has 6 nitrogen and oxygen atoms in total. The van der Waals surface area contributed by atoms with Gasteiger partial charge in [0.25, 0.3) is 0 Å². The highest BCUT2D eigenvalue weighted by molar-refractivity contribution is 7.46. The first-order chi connectivity index (χ1) is 5.33. The van der Waals surface area contributed by atoms with E-state index in [-0.39, 0.29) is 5.57 Å². The second-order valence-corrected chi connectivity index (χ2v) is 3.16. The maximum absolute atomic E-state index is 10.7. The van der Waals surface area contributed by atoms with Crippen molar-refractivity contribution in [1.82, 2.24) is 0 Å². The van der Waals surface area contributed by atoms with Gasteiger partial charge in [0.05, 0.1) is 0 Å². The van der Waals surface area contributed by atoms with Gasteiger partial charge in [-0.15, -0.1) is 4.67 Å². The van der Waals surface area contributed by atoms with Crippen LogP contribution in [0.2, 0.25) is 0 Å². The second-order valence-electron chi connectivity index (χ2n) is 2.03. The quantitative estimate of drug-likeness (QED) is 0.282. The van der Waals surface area contributed by atoms with E-state index in [2.05, 4.69) is 16.1 Å². The van der Waals surface area contributed by atoms with Crippen molar-refractivity contribution in [3.8, 4) is 0 Å². The molecule has 0 aromatic carbocycles. The number of hydrogen-bond donors (Lipinski definition) is 2. The van der Waals surface area contributed by atoms with Gasteiger partial charge in [-0.1, -0.05) is 6.58 Å². The van der Waals surface area contributed by atoms with Crippen molar-refractivity contribution in [3.63, 3.8) is 0 Å². The molecular formula is C5H9O6P. The standard InChI is InChI=1S/C5H9O6P/c1-4(2)5(6)3-10-11-12(7,8)9/h1,3H2,2H3,(H2,7,8,9). The molecule has 0 spiro atoms. The van der Waals surface area contributed by atoms with Crippen molar-refractivity contribution < 1.29 is 28.7 Å². The van der Waals surface area contributed by atoms with Crippen LogP contribution in [0.15, 0.2) is 12.2 Å². The molecular weight excluding hydrogens is 187 g/mol. The van der Waals surface area contributed by atoms with Crippen molar-refractivity contribution in [2.24, 2.45) is 0 Å². The molecule has 0 aliphatic carbocycles. The Hall–Kier alpha value is -0.520. The van der Waals surface area contributed by atoms with Crippen LogP contribution < -0.4 is 0 Å². The first-order valence-electron chi connectivity index (χ1n) is 2.88. The molecule has 0 heterocycles. The molecule has 12 heavy (non-hydrogen) atoms. The molecule has 2 N–H and O–H groups in total. The summed E-state index contributed by atoms with van der Waals surface area (Å²) in [5.74, 6) is -0.483. The Morgan fingerprint density at radius 3 is 2.42 bits per heavy atom. The maximum atomic E-state index is 10.7. The van der Waals surface area contributed by atoms with E-state index in [0.29, 0.717) is 0 Å². The molecule has 0 amide bonds. The summed E-state index contributed by atoms with van der Waals surface area (Å²) in [6.45, 7) is 4.18. The summed E-state index contributed by atoms with van der Waals surface area (Å²) < 4.78 is 13.6. The summed E-state index contributed by atoms with van der Waals surface area (Å²) in [6, 6.07) is 0. The van der Waals surface area contributed by atoms with Crippen molar-refractivity contribution >= 4 is 13.6 Å². The van der Waals surface area contributed by atoms with Gasteiger partial charge in [0, 0.05) is 0 Å². The van der Waals surface area contributed by atoms with Crippen molar-refractivity contribution in [3.05, 3.63) is 12.2 Å². The topological polar surface area (TPSA) is 93.1 Å². The summed E-state index contributed by atoms with van der Waals surface area (Å²) in [5.41, 5.74) is 0.226. The molecule has 0 aliphatic heterocycles. The van der Waals surface area contributed by atoms with Crippen LogP contribution in [0.3, 0.4) is 0 Å². The normalized spacial score (nSPS) is 11.2. The van der Waals surface area contributed by atoms with Crippen LogP contribution in [0.1, 0.15) is 6.92 Å². The van der Waals surface area contributed by atoms with Crippen LogP contribution >= 0.6 is 7.82 Å². The minimum atomic E-state index is -4.66. The summed E-state index contributed by atoms with van der Waals surface area (Å²) in [5, 5.41) is 0. The number of phosphoric acid groups is 1. The highest BCUT2D eigenvalue weighted by Gasteiger charge is 2.16. The molecule has 7 heteroatoms. The number of rotatable bonds is 5. The van der Waals surface area contributed by atoms with E-state index < -0.39 is 20.2 Å². The minimum absolute atomic E-state index is 0.226. The fraction of sp³-hybridized carbons (Fsp3) is 0.400. The van der Waals surface area contributed by atoms with Gasteiger partial charge < -0.3 is 9.79 Å². The zero-order valence-electron chi connectivity index (χ0n) is 6.39. The summed E-state index contributed by atoms with van der Waals surface area (Å²) in [4.78, 5) is 30.8. The number of Topliss-reactive ketones (excluding diaryl/α,β-unsaturated/α-hetero) is 1. The largest absolute Gasteiger partial charge is 0.496 e. The van der Waals surface area contributed by atoms with Crippen LogP contribution in [0, 0.1) is 0 Å². The zero-order valence-corrected chi connectivity index (χ0v) is 7.28. The number of carbonyl (C=O) groups is 1. The zero-order chi connectivity index (χ0) is 9.78. The monoisotopic (exact) mass is 196 g/mol. The molecule has 0 unspecified atom stereocenters. The van der Waals surface area contributed by atoms with Gasteiger partial charge in [0.2, 0.25) is 0 Å². The lowest BCUT2D eigenvalue weighted by Crippen LogP contribution is -2.08. The Morgan fingerprint density at radius 2 is 2.08 bits per heavy atom. The second kappa shape index (κ2) is 4.49. The molecule has 0 atom stereocenters. The SMILES string of the molecule is C=C(C)C(=O)COOP(=O)(O)O. The number of ketones is 1. The Bertz CT molecular complexity index is 228. The molecule has 0 bridgehead atoms. The third-order valence-corrected chi connectivity index (χ3v) is 1.12. The fourth-order valence-electron chi connectivity index (χ4n) is 0.272. The molecule has 0 aliphatic rings. The van der Waals surface area contributed by atoms with E-state index in [1.54, 1.807) is 0 Å². The summed E-state index contributed by atoms with van der Waals surface area (Å²) in [7, 11) is -4.66. The molecule has 0 radical (unpaired) electrons. The van der Waals surface area contributed by atoms with Crippen molar-refractivity contribution in [2.45, 2.75) is 6.92 Å². The van der Waals surface area contributed by atoms with Gasteiger partial charge in [-0.2, -0.15) is 0 Å². The lowest BCUT2D eigenvalue weighted by molar-refractivity contribution is -0.218. The maximum Gasteiger partial charge on any atom is 0.496 e. The predicted octanol–water partition coefficient (Wildman–Crippen LogP) is 0.172. The first kappa shape index (κ1) is 11.5. The molecule has 0 aromatic rings. The van der Waals surface area contributed by atoms with E-state index >= 15 is 0 Å². The van der Waals surface area contributed by atoms with E-state index in [1.165, 1.54) is 6.92 Å². The van der Waals surface area contributed by atoms with Crippen molar-refractivity contribution in [2.75, 3.05) is 6.61 Å². The molecule has 70 valence electrons. The third kappa shape index (κ3) is 6.21. The van der Waals surface area contributed by atoms with E-state index in [9.17, 15) is 9.36 Å². The van der Waals surface area contributed by atoms with Crippen LogP contribution in [0.4, 0.5) is 0 Å². The van der Waals surface area contributed by atoms with Crippen molar-refractivity contribution in [1.29, 1.82) is 0 Å². The first-order valence-corrected chi connectivity index (χ1v) is 4.41. The Kier molecular flexibility index (Phi) is 4.30. The Labute approximate surface area is 69.0 Å². The smallest absolute Gasteiger partial charge is 0.301 e. The van der Waals surface area contributed by atoms with Crippen LogP contribution in [0.25, 0.3) is 0 Å². The van der Waals surface area contributed by atoms with E-state index in [0.717, 1.165) is 0 Å². The number of carbonyl (C=O) groups excluding carboxylic acids is 1. The summed E-state index contributed by atoms with van der Waals surface area (Å²) >= 11 is 0. The predicted molar refractivity (Wildman–Crippen MR) is 38.9 cm³/mol. The molecule has 0 aromatic heterocycles. The lowest BCUT2D eigenvalue weighted by Gasteiger charge is -2.02. The van der Waals surface area contributed by atoms with Crippen LogP contribution in [-0.4, -0.2) is 22.2 Å². The van der Waals surface area contributed by atoms with Gasteiger partial charge >= 0.3 is 7.82 Å². The molecule has 0 rings (SSSR count). The number of hydrogen-bond acceptors (Lipinski definition) is 4. The Balaban J connectivity index is 3.65. The minimum Gasteiger partial charge on any atom is -0.301 e. The summed E-state index contributed by atoms with van der Waals surface area (Å²) in [6.07, 6.45) is 0. The van der Waals surface area contributed by atoms with Gasteiger partial charge in [-0.05, 0) is 12.5 Å². The molecule has 0 saturated carbocycles. The fourth-order valence-corrected chi connectivity index (χ4v) is 0.462. The molecule has 0 fully saturated rings. The van der Waals surface area contributed by atoms with E-state index in [4.69, 9.17) is 9.79 Å². The van der Waals surface area contributed by atoms with Gasteiger partial charge in [0.1, 0.15) is 6.61 Å². The molecule has 0 saturated heterocycles. The Morgan fingerprint density at radius 1 is 1.58 bits per heavy atom.